The van der Waals surface area contributed by atoms with Gasteiger partial charge in [-0.1, -0.05) is 13.8 Å². The van der Waals surface area contributed by atoms with Crippen molar-refractivity contribution in [1.82, 2.24) is 15.5 Å². The van der Waals surface area contributed by atoms with E-state index >= 15 is 0 Å². The van der Waals surface area contributed by atoms with Crippen molar-refractivity contribution in [3.05, 3.63) is 0 Å². The second kappa shape index (κ2) is 13.4. The first-order valence-corrected chi connectivity index (χ1v) is 13.6. The number of carbonyl (C=O) groups excluding carboxylic acids is 3. The number of likely N-dealkylation sites (tertiary alicyclic amines) is 1. The Morgan fingerprint density at radius 2 is 1.82 bits per heavy atom. The molecule has 0 bridgehead atoms. The van der Waals surface area contributed by atoms with Crippen LogP contribution in [0.1, 0.15) is 79.1 Å². The molecular formula is C24H44N4O4S. The van der Waals surface area contributed by atoms with Crippen molar-refractivity contribution in [1.29, 1.82) is 0 Å². The number of thioether (sulfide) groups is 1. The van der Waals surface area contributed by atoms with Crippen LogP contribution in [0.15, 0.2) is 0 Å². The van der Waals surface area contributed by atoms with Gasteiger partial charge in [0.15, 0.2) is 0 Å². The second-order valence-corrected chi connectivity index (χ2v) is 11.6. The van der Waals surface area contributed by atoms with E-state index in [-0.39, 0.29) is 17.9 Å². The number of alkyl carbamates (subject to hydrolysis) is 1. The molecule has 1 saturated heterocycles. The van der Waals surface area contributed by atoms with Gasteiger partial charge in [0.2, 0.25) is 11.8 Å². The lowest BCUT2D eigenvalue weighted by Crippen LogP contribution is -2.60. The molecule has 8 nitrogen and oxygen atoms in total. The van der Waals surface area contributed by atoms with Gasteiger partial charge in [0.1, 0.15) is 12.1 Å². The molecule has 0 spiro atoms. The molecule has 0 aromatic carbocycles. The van der Waals surface area contributed by atoms with Gasteiger partial charge in [-0.05, 0) is 76.9 Å². The van der Waals surface area contributed by atoms with Gasteiger partial charge in [0, 0.05) is 23.9 Å². The molecular weight excluding hydrogens is 440 g/mol. The summed E-state index contributed by atoms with van der Waals surface area (Å²) in [4.78, 5) is 40.7. The monoisotopic (exact) mass is 484 g/mol. The molecule has 4 N–H and O–H groups in total. The highest BCUT2D eigenvalue weighted by molar-refractivity contribution is 8.00. The van der Waals surface area contributed by atoms with Gasteiger partial charge in [-0.2, -0.15) is 11.8 Å². The van der Waals surface area contributed by atoms with Gasteiger partial charge < -0.3 is 26.0 Å². The molecule has 1 aliphatic carbocycles. The summed E-state index contributed by atoms with van der Waals surface area (Å²) in [6.45, 7) is 9.40. The SMILES string of the molecule is CCCOC(=O)N[C@@H](C(=O)N1CCC[C@H]1C(=O)NC[C@H]1CC[C@H](N)CC1)C(C)(C)SCCC. The average molecular weight is 485 g/mol. The third-order valence-electron chi connectivity index (χ3n) is 6.61. The summed E-state index contributed by atoms with van der Waals surface area (Å²) in [5, 5.41) is 5.89. The van der Waals surface area contributed by atoms with Crippen LogP contribution in [-0.4, -0.2) is 71.1 Å². The van der Waals surface area contributed by atoms with Crippen molar-refractivity contribution < 1.29 is 19.1 Å². The van der Waals surface area contributed by atoms with E-state index in [1.54, 1.807) is 16.7 Å². The standard InChI is InChI=1S/C24H44N4O4S/c1-5-14-32-23(31)27-20(24(3,4)33-15-6-2)22(30)28-13-7-8-19(28)21(29)26-16-17-9-11-18(25)12-10-17/h17-20H,5-16,25H2,1-4H3,(H,26,29)(H,27,31)/t17-,18-,19-,20-/m0/s1. The normalized spacial score (nSPS) is 24.3. The van der Waals surface area contributed by atoms with Crippen molar-refractivity contribution in [3.63, 3.8) is 0 Å². The summed E-state index contributed by atoms with van der Waals surface area (Å²) in [5.41, 5.74) is 5.99. The first-order valence-electron chi connectivity index (χ1n) is 12.6. The zero-order chi connectivity index (χ0) is 24.4. The molecule has 0 aromatic rings. The predicted molar refractivity (Wildman–Crippen MR) is 133 cm³/mol. The lowest BCUT2D eigenvalue weighted by molar-refractivity contribution is -0.140. The number of ether oxygens (including phenoxy) is 1. The molecule has 33 heavy (non-hydrogen) atoms. The number of hydrogen-bond donors (Lipinski definition) is 3. The van der Waals surface area contributed by atoms with Crippen molar-refractivity contribution in [3.8, 4) is 0 Å². The molecule has 2 fully saturated rings. The molecule has 0 radical (unpaired) electrons. The lowest BCUT2D eigenvalue weighted by atomic mass is 9.86. The van der Waals surface area contributed by atoms with Crippen LogP contribution in [0.5, 0.6) is 0 Å². The second-order valence-electron chi connectivity index (χ2n) is 9.88. The molecule has 0 unspecified atom stereocenters. The topological polar surface area (TPSA) is 114 Å². The number of nitrogens with two attached hydrogens (primary N) is 1. The molecule has 2 rings (SSSR count). The summed E-state index contributed by atoms with van der Waals surface area (Å²) in [6.07, 6.45) is 6.57. The van der Waals surface area contributed by atoms with Crippen LogP contribution in [0.25, 0.3) is 0 Å². The minimum Gasteiger partial charge on any atom is -0.450 e. The van der Waals surface area contributed by atoms with E-state index in [4.69, 9.17) is 10.5 Å². The quantitative estimate of drug-likeness (QED) is 0.415. The number of carbonyl (C=O) groups is 3. The average Bonchev–Trinajstić information content (AvgIpc) is 3.29. The molecule has 9 heteroatoms. The fourth-order valence-corrected chi connectivity index (χ4v) is 5.62. The summed E-state index contributed by atoms with van der Waals surface area (Å²) < 4.78 is 4.66. The highest BCUT2D eigenvalue weighted by atomic mass is 32.2. The fraction of sp³-hybridized carbons (Fsp3) is 0.875. The third-order valence-corrected chi connectivity index (χ3v) is 8.21. The molecule has 190 valence electrons. The number of nitrogens with one attached hydrogen (secondary N) is 2. The van der Waals surface area contributed by atoms with Crippen molar-refractivity contribution in [2.45, 2.75) is 102 Å². The summed E-state index contributed by atoms with van der Waals surface area (Å²) in [5.74, 6) is 1.02. The Kier molecular flexibility index (Phi) is 11.3. The summed E-state index contributed by atoms with van der Waals surface area (Å²) in [6, 6.07) is -0.986. The maximum atomic E-state index is 13.7. The van der Waals surface area contributed by atoms with Crippen LogP contribution in [0.3, 0.4) is 0 Å². The van der Waals surface area contributed by atoms with Crippen LogP contribution < -0.4 is 16.4 Å². The Hall–Kier alpha value is -1.48. The van der Waals surface area contributed by atoms with E-state index in [9.17, 15) is 14.4 Å². The molecule has 1 aliphatic heterocycles. The van der Waals surface area contributed by atoms with Gasteiger partial charge >= 0.3 is 6.09 Å². The molecule has 0 aromatic heterocycles. The first kappa shape index (κ1) is 27.8. The van der Waals surface area contributed by atoms with Crippen LogP contribution in [0, 0.1) is 5.92 Å². The minimum atomic E-state index is -0.772. The first-order chi connectivity index (χ1) is 15.7. The highest BCUT2D eigenvalue weighted by Gasteiger charge is 2.44. The van der Waals surface area contributed by atoms with Gasteiger partial charge in [0.25, 0.3) is 0 Å². The van der Waals surface area contributed by atoms with Gasteiger partial charge in [-0.15, -0.1) is 0 Å². The van der Waals surface area contributed by atoms with Crippen LogP contribution in [0.4, 0.5) is 4.79 Å². The molecule has 1 saturated carbocycles. The smallest absolute Gasteiger partial charge is 0.407 e. The number of rotatable bonds is 11. The Labute approximate surface area is 203 Å². The Morgan fingerprint density at radius 3 is 2.45 bits per heavy atom. The fourth-order valence-electron chi connectivity index (χ4n) is 4.56. The summed E-state index contributed by atoms with van der Waals surface area (Å²) in [7, 11) is 0. The van der Waals surface area contributed by atoms with Crippen LogP contribution in [-0.2, 0) is 14.3 Å². The Morgan fingerprint density at radius 1 is 1.12 bits per heavy atom. The van der Waals surface area contributed by atoms with Gasteiger partial charge in [0.05, 0.1) is 6.61 Å². The van der Waals surface area contributed by atoms with E-state index in [1.807, 2.05) is 20.8 Å². The van der Waals surface area contributed by atoms with Gasteiger partial charge in [-0.25, -0.2) is 4.79 Å². The van der Waals surface area contributed by atoms with Crippen molar-refractivity contribution in [2.24, 2.45) is 11.7 Å². The van der Waals surface area contributed by atoms with E-state index in [0.29, 0.717) is 38.5 Å². The maximum absolute atomic E-state index is 13.7. The van der Waals surface area contributed by atoms with E-state index in [0.717, 1.165) is 44.3 Å². The van der Waals surface area contributed by atoms with Crippen molar-refractivity contribution >= 4 is 29.7 Å². The Bertz CT molecular complexity index is 652. The third kappa shape index (κ3) is 8.35. The van der Waals surface area contributed by atoms with E-state index in [1.165, 1.54) is 0 Å². The molecule has 2 atom stereocenters. The van der Waals surface area contributed by atoms with E-state index in [2.05, 4.69) is 17.6 Å². The lowest BCUT2D eigenvalue weighted by Gasteiger charge is -2.37. The molecule has 3 amide bonds. The largest absolute Gasteiger partial charge is 0.450 e. The zero-order valence-corrected chi connectivity index (χ0v) is 21.7. The van der Waals surface area contributed by atoms with E-state index < -0.39 is 22.9 Å². The number of amides is 3. The number of nitrogens with zero attached hydrogens (tertiary/aromatic N) is 1. The maximum Gasteiger partial charge on any atom is 0.407 e. The highest BCUT2D eigenvalue weighted by Crippen LogP contribution is 2.32. The summed E-state index contributed by atoms with van der Waals surface area (Å²) >= 11 is 1.65. The van der Waals surface area contributed by atoms with Crippen molar-refractivity contribution in [2.75, 3.05) is 25.4 Å². The van der Waals surface area contributed by atoms with Crippen LogP contribution >= 0.6 is 11.8 Å². The zero-order valence-electron chi connectivity index (χ0n) is 20.9. The molecule has 1 heterocycles. The Balaban J connectivity index is 2.05. The minimum absolute atomic E-state index is 0.0953. The van der Waals surface area contributed by atoms with Gasteiger partial charge in [-0.3, -0.25) is 9.59 Å². The van der Waals surface area contributed by atoms with Crippen LogP contribution in [0.2, 0.25) is 0 Å². The molecule has 2 aliphatic rings. The number of hydrogen-bond acceptors (Lipinski definition) is 6. The predicted octanol–water partition coefficient (Wildman–Crippen LogP) is 3.04.